The molecule has 12 heteroatoms. The van der Waals surface area contributed by atoms with Crippen LogP contribution in [-0.2, 0) is 16.1 Å². The lowest BCUT2D eigenvalue weighted by atomic mass is 9.90. The average Bonchev–Trinajstić information content (AvgIpc) is 3.60. The number of hydrogen-bond acceptors (Lipinski definition) is 6. The van der Waals surface area contributed by atoms with Crippen LogP contribution in [0.1, 0.15) is 29.7 Å². The molecule has 6 aromatic rings. The maximum atomic E-state index is 14.8. The zero-order valence-corrected chi connectivity index (χ0v) is 27.7. The fourth-order valence-electron chi connectivity index (χ4n) is 6.30. The molecule has 1 atom stereocenters. The number of methoxy groups -OCH3 is 1. The highest BCUT2D eigenvalue weighted by molar-refractivity contribution is 7.07. The van der Waals surface area contributed by atoms with E-state index in [1.54, 1.807) is 42.5 Å². The number of aromatic nitrogens is 2. The van der Waals surface area contributed by atoms with Crippen molar-refractivity contribution >= 4 is 56.7 Å². The number of thiazole rings is 1. The first-order chi connectivity index (χ1) is 23.6. The largest absolute Gasteiger partial charge is 0.496 e. The molecule has 4 aromatic carbocycles. The van der Waals surface area contributed by atoms with Crippen molar-refractivity contribution in [3.63, 3.8) is 0 Å². The predicted molar refractivity (Wildman–Crippen MR) is 184 cm³/mol. The van der Waals surface area contributed by atoms with E-state index in [-0.39, 0.29) is 27.3 Å². The summed E-state index contributed by atoms with van der Waals surface area (Å²) in [5.41, 5.74) is -0.00505. The van der Waals surface area contributed by atoms with Gasteiger partial charge in [0.25, 0.3) is 5.56 Å². The summed E-state index contributed by atoms with van der Waals surface area (Å²) in [6.45, 7) is 1.83. The number of esters is 1. The summed E-state index contributed by atoms with van der Waals surface area (Å²) in [5.74, 6) is -1.02. The molecular formula is C37H27ClF3N3O4S. The maximum Gasteiger partial charge on any atom is 0.434 e. The topological polar surface area (TPSA) is 74.8 Å². The van der Waals surface area contributed by atoms with Gasteiger partial charge in [-0.05, 0) is 53.6 Å². The zero-order valence-electron chi connectivity index (χ0n) is 26.1. The smallest absolute Gasteiger partial charge is 0.434 e. The number of carbonyl (C=O) groups is 1. The molecule has 3 heterocycles. The quantitative estimate of drug-likeness (QED) is 0.166. The van der Waals surface area contributed by atoms with Crippen molar-refractivity contribution in [1.29, 1.82) is 0 Å². The molecule has 248 valence electrons. The second kappa shape index (κ2) is 12.7. The summed E-state index contributed by atoms with van der Waals surface area (Å²) in [4.78, 5) is 31.7. The zero-order chi connectivity index (χ0) is 34.4. The lowest BCUT2D eigenvalue weighted by Crippen LogP contribution is -2.41. The molecule has 0 radical (unpaired) electrons. The Labute approximate surface area is 286 Å². The van der Waals surface area contributed by atoms with E-state index in [4.69, 9.17) is 21.1 Å². The molecule has 49 heavy (non-hydrogen) atoms. The van der Waals surface area contributed by atoms with Gasteiger partial charge in [0.1, 0.15) is 11.8 Å². The number of rotatable bonds is 7. The van der Waals surface area contributed by atoms with Crippen LogP contribution >= 0.6 is 22.9 Å². The molecule has 0 bridgehead atoms. The highest BCUT2D eigenvalue weighted by atomic mass is 35.5. The van der Waals surface area contributed by atoms with Crippen LogP contribution < -0.4 is 19.6 Å². The SMILES string of the molecule is CCOC(=O)C1=C(C(F)(F)F)N=c2s/c(=C/c3cn(Cc4ccc(Cl)cc4)c4ccccc34)c(=O)n2[C@@H]1c1c(OC)ccc2ccccc12. The number of nitrogens with zero attached hydrogens (tertiary/aromatic N) is 3. The highest BCUT2D eigenvalue weighted by Gasteiger charge is 2.46. The number of allylic oxidation sites excluding steroid dienone is 1. The van der Waals surface area contributed by atoms with E-state index in [0.29, 0.717) is 27.9 Å². The van der Waals surface area contributed by atoms with Crippen LogP contribution in [0.3, 0.4) is 0 Å². The molecule has 0 aliphatic carbocycles. The van der Waals surface area contributed by atoms with Crippen LogP contribution in [0, 0.1) is 0 Å². The first-order valence-electron chi connectivity index (χ1n) is 15.3. The van der Waals surface area contributed by atoms with Crippen molar-refractivity contribution in [3.8, 4) is 5.75 Å². The standard InChI is InChI=1S/C37H27ClF3N3O4S/c1-3-48-35(46)31-32(30-26-10-5-4-8-22(26)14-17-28(30)47-2)44-34(45)29(49-36(44)42-33(31)37(39,40)41)18-23-20-43(27-11-7-6-9-25(23)27)19-21-12-15-24(38)16-13-21/h4-18,20,32H,3,19H2,1-2H3/b29-18+/t32-/m1/s1. The summed E-state index contributed by atoms with van der Waals surface area (Å²) in [6, 6.07) is 24.0. The molecule has 0 N–H and O–H groups in total. The predicted octanol–water partition coefficient (Wildman–Crippen LogP) is 7.16. The van der Waals surface area contributed by atoms with Gasteiger partial charge in [0.05, 0.1) is 23.8 Å². The van der Waals surface area contributed by atoms with Crippen LogP contribution in [0.15, 0.2) is 112 Å². The van der Waals surface area contributed by atoms with E-state index in [9.17, 15) is 22.8 Å². The van der Waals surface area contributed by atoms with Gasteiger partial charge in [0.2, 0.25) is 0 Å². The molecule has 7 nitrogen and oxygen atoms in total. The molecule has 0 saturated carbocycles. The van der Waals surface area contributed by atoms with Crippen molar-refractivity contribution in [2.45, 2.75) is 25.7 Å². The molecule has 0 spiro atoms. The lowest BCUT2D eigenvalue weighted by molar-refractivity contribution is -0.140. The second-order valence-electron chi connectivity index (χ2n) is 11.3. The summed E-state index contributed by atoms with van der Waals surface area (Å²) in [5, 5.41) is 2.66. The monoisotopic (exact) mass is 701 g/mol. The van der Waals surface area contributed by atoms with E-state index >= 15 is 0 Å². The van der Waals surface area contributed by atoms with Gasteiger partial charge in [-0.1, -0.05) is 83.6 Å². The molecule has 0 unspecified atom stereocenters. The van der Waals surface area contributed by atoms with Crippen molar-refractivity contribution in [2.24, 2.45) is 4.99 Å². The summed E-state index contributed by atoms with van der Waals surface area (Å²) in [6.07, 6.45) is -1.49. The average molecular weight is 702 g/mol. The Balaban J connectivity index is 1.50. The third-order valence-electron chi connectivity index (χ3n) is 8.39. The minimum absolute atomic E-state index is 0.143. The Kier molecular flexibility index (Phi) is 8.41. The normalized spacial score (nSPS) is 15.1. The van der Waals surface area contributed by atoms with Crippen LogP contribution in [0.5, 0.6) is 5.75 Å². The lowest BCUT2D eigenvalue weighted by Gasteiger charge is -2.28. The number of fused-ring (bicyclic) bond motifs is 3. The minimum Gasteiger partial charge on any atom is -0.496 e. The van der Waals surface area contributed by atoms with Crippen LogP contribution in [-0.4, -0.2) is 35.0 Å². The summed E-state index contributed by atoms with van der Waals surface area (Å²) in [7, 11) is 1.38. The second-order valence-corrected chi connectivity index (χ2v) is 12.8. The first kappa shape index (κ1) is 32.4. The molecule has 0 saturated heterocycles. The number of ether oxygens (including phenoxy) is 2. The van der Waals surface area contributed by atoms with Crippen molar-refractivity contribution in [2.75, 3.05) is 13.7 Å². The molecule has 1 aliphatic heterocycles. The number of alkyl halides is 3. The van der Waals surface area contributed by atoms with Crippen LogP contribution in [0.25, 0.3) is 27.8 Å². The van der Waals surface area contributed by atoms with Gasteiger partial charge in [0.15, 0.2) is 10.5 Å². The van der Waals surface area contributed by atoms with E-state index in [1.807, 2.05) is 59.3 Å². The Morgan fingerprint density at radius 1 is 1.00 bits per heavy atom. The van der Waals surface area contributed by atoms with Crippen molar-refractivity contribution in [1.82, 2.24) is 9.13 Å². The van der Waals surface area contributed by atoms with Gasteiger partial charge >= 0.3 is 12.1 Å². The number of carbonyl (C=O) groups excluding carboxylic acids is 1. The van der Waals surface area contributed by atoms with E-state index < -0.39 is 35.0 Å². The first-order valence-corrected chi connectivity index (χ1v) is 16.5. The van der Waals surface area contributed by atoms with Crippen LogP contribution in [0.2, 0.25) is 5.02 Å². The molecular weight excluding hydrogens is 675 g/mol. The van der Waals surface area contributed by atoms with E-state index in [1.165, 1.54) is 14.0 Å². The molecule has 7 rings (SSSR count). The van der Waals surface area contributed by atoms with Gasteiger partial charge in [-0.3, -0.25) is 9.36 Å². The Hall–Kier alpha value is -5.13. The molecule has 0 amide bonds. The van der Waals surface area contributed by atoms with Gasteiger partial charge < -0.3 is 14.0 Å². The number of benzene rings is 4. The maximum absolute atomic E-state index is 14.8. The molecule has 0 fully saturated rings. The molecule has 2 aromatic heterocycles. The Morgan fingerprint density at radius 2 is 1.71 bits per heavy atom. The highest BCUT2D eigenvalue weighted by Crippen LogP contribution is 2.43. The summed E-state index contributed by atoms with van der Waals surface area (Å²) < 4.78 is 58.6. The van der Waals surface area contributed by atoms with Crippen LogP contribution in [0.4, 0.5) is 13.2 Å². The Morgan fingerprint density at radius 3 is 2.43 bits per heavy atom. The van der Waals surface area contributed by atoms with Gasteiger partial charge in [-0.2, -0.15) is 13.2 Å². The van der Waals surface area contributed by atoms with Crippen molar-refractivity contribution < 1.29 is 27.4 Å². The number of halogens is 4. The van der Waals surface area contributed by atoms with E-state index in [2.05, 4.69) is 4.99 Å². The van der Waals surface area contributed by atoms with E-state index in [0.717, 1.165) is 32.4 Å². The third kappa shape index (κ3) is 5.83. The number of para-hydroxylation sites is 1. The Bertz CT molecular complexity index is 2480. The van der Waals surface area contributed by atoms with Gasteiger partial charge in [-0.25, -0.2) is 9.79 Å². The number of hydrogen-bond donors (Lipinski definition) is 0. The fraction of sp³-hybridized carbons (Fsp3) is 0.162. The van der Waals surface area contributed by atoms with Gasteiger partial charge in [-0.15, -0.1) is 0 Å². The van der Waals surface area contributed by atoms with Crippen molar-refractivity contribution in [3.05, 3.63) is 144 Å². The summed E-state index contributed by atoms with van der Waals surface area (Å²) >= 11 is 6.91. The fourth-order valence-corrected chi connectivity index (χ4v) is 7.42. The van der Waals surface area contributed by atoms with Gasteiger partial charge in [0, 0.05) is 39.8 Å². The minimum atomic E-state index is -5.04. The molecule has 1 aliphatic rings. The third-order valence-corrected chi connectivity index (χ3v) is 9.63.